The molecule has 0 aliphatic heterocycles. The standard InChI is InChI=1S/C20H25NO6/c1-12(2)27-17(14-7-5-6-8-15(14)25-4)10-21-20(24)19-13(3)11-26-16(19)9-18(22)23/h5-8,11-12,17H,9-10H2,1-4H3,(H,21,24)(H,22,23). The molecule has 1 unspecified atom stereocenters. The van der Waals surface area contributed by atoms with Gasteiger partial charge in [0.15, 0.2) is 0 Å². The molecular weight excluding hydrogens is 350 g/mol. The number of benzene rings is 1. The third-order valence-electron chi connectivity index (χ3n) is 3.96. The van der Waals surface area contributed by atoms with Gasteiger partial charge in [0.1, 0.15) is 24.0 Å². The number of aryl methyl sites for hydroxylation is 1. The zero-order chi connectivity index (χ0) is 20.0. The summed E-state index contributed by atoms with van der Waals surface area (Å²) in [6.07, 6.45) is 0.556. The van der Waals surface area contributed by atoms with Gasteiger partial charge in [-0.25, -0.2) is 0 Å². The van der Waals surface area contributed by atoms with Crippen LogP contribution in [0, 0.1) is 6.92 Å². The summed E-state index contributed by atoms with van der Waals surface area (Å²) in [6.45, 7) is 5.73. The number of carboxylic acids is 1. The number of carbonyl (C=O) groups excluding carboxylic acids is 1. The molecule has 0 aliphatic rings. The topological polar surface area (TPSA) is 98.0 Å². The monoisotopic (exact) mass is 375 g/mol. The van der Waals surface area contributed by atoms with Crippen molar-refractivity contribution in [2.75, 3.05) is 13.7 Å². The fraction of sp³-hybridized carbons (Fsp3) is 0.400. The van der Waals surface area contributed by atoms with Crippen LogP contribution < -0.4 is 10.1 Å². The molecule has 1 amide bonds. The normalized spacial score (nSPS) is 12.0. The zero-order valence-electron chi connectivity index (χ0n) is 15.9. The molecule has 1 aromatic heterocycles. The van der Waals surface area contributed by atoms with Gasteiger partial charge in [0.2, 0.25) is 0 Å². The zero-order valence-corrected chi connectivity index (χ0v) is 15.9. The van der Waals surface area contributed by atoms with Crippen molar-refractivity contribution in [3.05, 3.63) is 53.0 Å². The second-order valence-electron chi connectivity index (χ2n) is 6.41. The molecule has 146 valence electrons. The van der Waals surface area contributed by atoms with Crippen molar-refractivity contribution in [2.45, 2.75) is 39.4 Å². The quantitative estimate of drug-likeness (QED) is 0.699. The Morgan fingerprint density at radius 2 is 1.96 bits per heavy atom. The van der Waals surface area contributed by atoms with E-state index in [9.17, 15) is 9.59 Å². The number of aliphatic carboxylic acids is 1. The average Bonchev–Trinajstić information content (AvgIpc) is 2.97. The molecule has 0 saturated heterocycles. The van der Waals surface area contributed by atoms with Crippen LogP contribution in [0.15, 0.2) is 34.9 Å². The Hall–Kier alpha value is -2.80. The van der Waals surface area contributed by atoms with Crippen molar-refractivity contribution in [1.82, 2.24) is 5.32 Å². The van der Waals surface area contributed by atoms with Crippen LogP contribution in [0.3, 0.4) is 0 Å². The maximum Gasteiger partial charge on any atom is 0.311 e. The van der Waals surface area contributed by atoms with E-state index in [0.29, 0.717) is 11.3 Å². The lowest BCUT2D eigenvalue weighted by Gasteiger charge is -2.23. The third kappa shape index (κ3) is 5.34. The number of hydrogen-bond donors (Lipinski definition) is 2. The Morgan fingerprint density at radius 1 is 1.26 bits per heavy atom. The van der Waals surface area contributed by atoms with Crippen LogP contribution in [0.5, 0.6) is 5.75 Å². The van der Waals surface area contributed by atoms with E-state index in [4.69, 9.17) is 19.0 Å². The summed E-state index contributed by atoms with van der Waals surface area (Å²) in [7, 11) is 1.58. The fourth-order valence-corrected chi connectivity index (χ4v) is 2.84. The molecule has 7 nitrogen and oxygen atoms in total. The van der Waals surface area contributed by atoms with Crippen molar-refractivity contribution in [3.8, 4) is 5.75 Å². The highest BCUT2D eigenvalue weighted by Gasteiger charge is 2.23. The van der Waals surface area contributed by atoms with E-state index in [0.717, 1.165) is 5.56 Å². The number of furan rings is 1. The van der Waals surface area contributed by atoms with Crippen LogP contribution >= 0.6 is 0 Å². The van der Waals surface area contributed by atoms with E-state index >= 15 is 0 Å². The Balaban J connectivity index is 2.19. The highest BCUT2D eigenvalue weighted by Crippen LogP contribution is 2.28. The molecular formula is C20H25NO6. The van der Waals surface area contributed by atoms with Crippen molar-refractivity contribution >= 4 is 11.9 Å². The first-order valence-electron chi connectivity index (χ1n) is 8.68. The predicted molar refractivity (Wildman–Crippen MR) is 99.1 cm³/mol. The molecule has 0 fully saturated rings. The largest absolute Gasteiger partial charge is 0.496 e. The predicted octanol–water partition coefficient (Wildman–Crippen LogP) is 3.12. The Labute approximate surface area is 158 Å². The molecule has 27 heavy (non-hydrogen) atoms. The van der Waals surface area contributed by atoms with Gasteiger partial charge in [-0.05, 0) is 26.8 Å². The Kier molecular flexibility index (Phi) is 7.01. The first kappa shape index (κ1) is 20.5. The molecule has 1 aromatic carbocycles. The van der Waals surface area contributed by atoms with Crippen molar-refractivity contribution in [3.63, 3.8) is 0 Å². The van der Waals surface area contributed by atoms with Crippen LogP contribution in [0.2, 0.25) is 0 Å². The fourth-order valence-electron chi connectivity index (χ4n) is 2.84. The second-order valence-corrected chi connectivity index (χ2v) is 6.41. The van der Waals surface area contributed by atoms with Gasteiger partial charge in [0.25, 0.3) is 5.91 Å². The van der Waals surface area contributed by atoms with E-state index < -0.39 is 18.0 Å². The van der Waals surface area contributed by atoms with Crippen LogP contribution in [0.25, 0.3) is 0 Å². The van der Waals surface area contributed by atoms with E-state index in [2.05, 4.69) is 5.32 Å². The van der Waals surface area contributed by atoms with Crippen molar-refractivity contribution in [1.29, 1.82) is 0 Å². The lowest BCUT2D eigenvalue weighted by Crippen LogP contribution is -2.31. The van der Waals surface area contributed by atoms with Gasteiger partial charge in [-0.15, -0.1) is 0 Å². The number of carboxylic acid groups (broad SMARTS) is 1. The molecule has 1 atom stereocenters. The Bertz CT molecular complexity index is 796. The van der Waals surface area contributed by atoms with Gasteiger partial charge >= 0.3 is 5.97 Å². The molecule has 1 heterocycles. The summed E-state index contributed by atoms with van der Waals surface area (Å²) in [5.74, 6) is -0.655. The lowest BCUT2D eigenvalue weighted by molar-refractivity contribution is -0.136. The van der Waals surface area contributed by atoms with Crippen LogP contribution in [0.1, 0.15) is 47.2 Å². The van der Waals surface area contributed by atoms with Crippen LogP contribution in [-0.4, -0.2) is 36.7 Å². The average molecular weight is 375 g/mol. The lowest BCUT2D eigenvalue weighted by atomic mass is 10.1. The summed E-state index contributed by atoms with van der Waals surface area (Å²) in [4.78, 5) is 23.6. The molecule has 2 N–H and O–H groups in total. The summed E-state index contributed by atoms with van der Waals surface area (Å²) in [6, 6.07) is 7.46. The van der Waals surface area contributed by atoms with Crippen LogP contribution in [-0.2, 0) is 16.0 Å². The Morgan fingerprint density at radius 3 is 2.59 bits per heavy atom. The van der Waals surface area contributed by atoms with E-state index in [1.165, 1.54) is 6.26 Å². The van der Waals surface area contributed by atoms with Crippen molar-refractivity contribution < 1.29 is 28.6 Å². The summed E-state index contributed by atoms with van der Waals surface area (Å²) in [5, 5.41) is 11.8. The first-order valence-corrected chi connectivity index (χ1v) is 8.68. The summed E-state index contributed by atoms with van der Waals surface area (Å²) in [5.41, 5.74) is 1.66. The molecule has 7 heteroatoms. The molecule has 0 aliphatic carbocycles. The number of hydrogen-bond acceptors (Lipinski definition) is 5. The minimum atomic E-state index is -1.06. The van der Waals surface area contributed by atoms with E-state index in [1.807, 2.05) is 38.1 Å². The molecule has 0 bridgehead atoms. The van der Waals surface area contributed by atoms with Gasteiger partial charge in [0.05, 0.1) is 25.0 Å². The van der Waals surface area contributed by atoms with Gasteiger partial charge in [-0.2, -0.15) is 0 Å². The first-order chi connectivity index (χ1) is 12.8. The maximum absolute atomic E-state index is 12.7. The highest BCUT2D eigenvalue weighted by molar-refractivity contribution is 5.97. The number of rotatable bonds is 9. The van der Waals surface area contributed by atoms with Gasteiger partial charge in [-0.1, -0.05) is 18.2 Å². The van der Waals surface area contributed by atoms with Gasteiger partial charge in [0, 0.05) is 17.7 Å². The molecule has 0 spiro atoms. The smallest absolute Gasteiger partial charge is 0.311 e. The maximum atomic E-state index is 12.7. The minimum absolute atomic E-state index is 0.0601. The molecule has 2 aromatic rings. The molecule has 0 saturated carbocycles. The van der Waals surface area contributed by atoms with Gasteiger partial charge < -0.3 is 24.3 Å². The summed E-state index contributed by atoms with van der Waals surface area (Å²) >= 11 is 0. The van der Waals surface area contributed by atoms with Crippen molar-refractivity contribution in [2.24, 2.45) is 0 Å². The molecule has 2 rings (SSSR count). The number of carbonyl (C=O) groups is 2. The highest BCUT2D eigenvalue weighted by atomic mass is 16.5. The number of nitrogens with one attached hydrogen (secondary N) is 1. The number of amides is 1. The number of ether oxygens (including phenoxy) is 2. The van der Waals surface area contributed by atoms with Gasteiger partial charge in [-0.3, -0.25) is 9.59 Å². The SMILES string of the molecule is COc1ccccc1C(CNC(=O)c1c(C)coc1CC(=O)O)OC(C)C. The van der Waals surface area contributed by atoms with Crippen LogP contribution in [0.4, 0.5) is 0 Å². The third-order valence-corrected chi connectivity index (χ3v) is 3.96. The molecule has 0 radical (unpaired) electrons. The summed E-state index contributed by atoms with van der Waals surface area (Å²) < 4.78 is 16.6. The number of para-hydroxylation sites is 1. The minimum Gasteiger partial charge on any atom is -0.496 e. The van der Waals surface area contributed by atoms with E-state index in [1.54, 1.807) is 14.0 Å². The second kappa shape index (κ2) is 9.23. The number of methoxy groups -OCH3 is 1. The van der Waals surface area contributed by atoms with E-state index in [-0.39, 0.29) is 30.4 Å².